The highest BCUT2D eigenvalue weighted by atomic mass is 28.4. The minimum absolute atomic E-state index is 0.0544. The summed E-state index contributed by atoms with van der Waals surface area (Å²) >= 11 is 0. The van der Waals surface area contributed by atoms with E-state index in [1.807, 2.05) is 12.1 Å². The first-order valence-corrected chi connectivity index (χ1v) is 10.2. The zero-order valence-electron chi connectivity index (χ0n) is 13.6. The van der Waals surface area contributed by atoms with Gasteiger partial charge in [-0.25, -0.2) is 0 Å². The van der Waals surface area contributed by atoms with Crippen LogP contribution < -0.4 is 5.32 Å². The summed E-state index contributed by atoms with van der Waals surface area (Å²) in [5.74, 6) is -0.0612. The number of hydrogen-bond donors (Lipinski definition) is 1. The van der Waals surface area contributed by atoms with Crippen LogP contribution in [0.1, 0.15) is 32.4 Å². The standard InChI is InChI=1S/C15H22N4O2Si/c1-15(2,3)22(4,5)21-13-12(17-14(13)20)10-6-8-11(9-7-10)18-19-16/h6-9,12-13H,1-5H3,(H,17,20)/t12-,13+/m0/s1. The smallest absolute Gasteiger partial charge is 0.251 e. The van der Waals surface area contributed by atoms with E-state index in [1.54, 1.807) is 12.1 Å². The van der Waals surface area contributed by atoms with Crippen LogP contribution in [0.4, 0.5) is 5.69 Å². The topological polar surface area (TPSA) is 87.1 Å². The van der Waals surface area contributed by atoms with Gasteiger partial charge in [-0.3, -0.25) is 4.79 Å². The van der Waals surface area contributed by atoms with Gasteiger partial charge in [-0.15, -0.1) is 0 Å². The van der Waals surface area contributed by atoms with Gasteiger partial charge < -0.3 is 9.74 Å². The lowest BCUT2D eigenvalue weighted by Gasteiger charge is -2.45. The van der Waals surface area contributed by atoms with Crippen LogP contribution in [0.25, 0.3) is 10.4 Å². The van der Waals surface area contributed by atoms with Crippen molar-refractivity contribution in [1.29, 1.82) is 0 Å². The molecule has 1 aliphatic rings. The van der Waals surface area contributed by atoms with Crippen molar-refractivity contribution < 1.29 is 9.22 Å². The summed E-state index contributed by atoms with van der Waals surface area (Å²) in [6.07, 6.45) is -0.439. The summed E-state index contributed by atoms with van der Waals surface area (Å²) in [5, 5.41) is 6.49. The quantitative estimate of drug-likeness (QED) is 0.296. The first-order chi connectivity index (χ1) is 10.2. The molecule has 1 heterocycles. The average Bonchev–Trinajstić information content (AvgIpc) is 2.43. The molecule has 0 spiro atoms. The Morgan fingerprint density at radius 1 is 1.27 bits per heavy atom. The van der Waals surface area contributed by atoms with Crippen LogP contribution in [0.15, 0.2) is 29.4 Å². The molecule has 1 amide bonds. The fourth-order valence-corrected chi connectivity index (χ4v) is 3.27. The predicted octanol–water partition coefficient (Wildman–Crippen LogP) is 4.19. The van der Waals surface area contributed by atoms with E-state index in [1.165, 1.54) is 0 Å². The van der Waals surface area contributed by atoms with Gasteiger partial charge in [0.05, 0.1) is 6.04 Å². The molecular weight excluding hydrogens is 296 g/mol. The van der Waals surface area contributed by atoms with Gasteiger partial charge in [0, 0.05) is 10.6 Å². The molecule has 0 aliphatic carbocycles. The van der Waals surface area contributed by atoms with Crippen LogP contribution in [0.2, 0.25) is 18.1 Å². The molecule has 2 rings (SSSR count). The zero-order chi connectivity index (χ0) is 16.5. The Hall–Kier alpha value is -1.82. The van der Waals surface area contributed by atoms with Crippen LogP contribution in [-0.4, -0.2) is 20.3 Å². The highest BCUT2D eigenvalue weighted by Gasteiger charge is 2.48. The van der Waals surface area contributed by atoms with Crippen LogP contribution >= 0.6 is 0 Å². The second-order valence-electron chi connectivity index (χ2n) is 7.07. The zero-order valence-corrected chi connectivity index (χ0v) is 14.6. The highest BCUT2D eigenvalue weighted by molar-refractivity contribution is 6.74. The van der Waals surface area contributed by atoms with Crippen LogP contribution in [0.5, 0.6) is 0 Å². The Labute approximate surface area is 131 Å². The van der Waals surface area contributed by atoms with E-state index >= 15 is 0 Å². The van der Waals surface area contributed by atoms with Gasteiger partial charge in [0.1, 0.15) is 6.10 Å². The minimum Gasteiger partial charge on any atom is -0.403 e. The monoisotopic (exact) mass is 318 g/mol. The van der Waals surface area contributed by atoms with Crippen molar-refractivity contribution in [3.05, 3.63) is 40.3 Å². The van der Waals surface area contributed by atoms with Crippen molar-refractivity contribution in [2.75, 3.05) is 0 Å². The summed E-state index contributed by atoms with van der Waals surface area (Å²) in [5.41, 5.74) is 9.93. The molecule has 7 heteroatoms. The number of amides is 1. The normalized spacial score (nSPS) is 21.6. The molecule has 1 N–H and O–H groups in total. The summed E-state index contributed by atoms with van der Waals surface area (Å²) in [6, 6.07) is 7.06. The van der Waals surface area contributed by atoms with Gasteiger partial charge in [-0.05, 0) is 29.2 Å². The number of carbonyl (C=O) groups is 1. The van der Waals surface area contributed by atoms with Gasteiger partial charge in [0.15, 0.2) is 8.32 Å². The van der Waals surface area contributed by atoms with E-state index in [4.69, 9.17) is 9.96 Å². The van der Waals surface area contributed by atoms with E-state index < -0.39 is 14.4 Å². The summed E-state index contributed by atoms with van der Waals surface area (Å²) in [4.78, 5) is 14.7. The first-order valence-electron chi connectivity index (χ1n) is 7.29. The number of nitrogens with one attached hydrogen (secondary N) is 1. The molecule has 0 unspecified atom stereocenters. The molecule has 0 radical (unpaired) electrons. The van der Waals surface area contributed by atoms with Gasteiger partial charge in [-0.1, -0.05) is 50.2 Å². The maximum atomic E-state index is 11.9. The lowest BCUT2D eigenvalue weighted by atomic mass is 9.94. The SMILES string of the molecule is CC(C)(C)[Si](C)(C)O[C@H]1C(=O)N[C@H]1c1ccc(N=[N+]=[N-])cc1. The van der Waals surface area contributed by atoms with Gasteiger partial charge >= 0.3 is 0 Å². The summed E-state index contributed by atoms with van der Waals surface area (Å²) in [7, 11) is -2.01. The van der Waals surface area contributed by atoms with Crippen molar-refractivity contribution in [3.8, 4) is 0 Å². The molecule has 0 saturated carbocycles. The highest BCUT2D eigenvalue weighted by Crippen LogP contribution is 2.40. The summed E-state index contributed by atoms with van der Waals surface area (Å²) < 4.78 is 6.24. The second-order valence-corrected chi connectivity index (χ2v) is 11.8. The number of rotatable bonds is 4. The van der Waals surface area contributed by atoms with Crippen molar-refractivity contribution in [2.24, 2.45) is 5.11 Å². The molecule has 22 heavy (non-hydrogen) atoms. The molecule has 1 aliphatic heterocycles. The molecule has 1 aromatic carbocycles. The Balaban J connectivity index is 2.16. The number of hydrogen-bond acceptors (Lipinski definition) is 3. The van der Waals surface area contributed by atoms with Gasteiger partial charge in [0.2, 0.25) is 0 Å². The van der Waals surface area contributed by atoms with Crippen molar-refractivity contribution in [2.45, 2.75) is 51.0 Å². The van der Waals surface area contributed by atoms with E-state index in [2.05, 4.69) is 49.2 Å². The van der Waals surface area contributed by atoms with E-state index in [-0.39, 0.29) is 17.0 Å². The van der Waals surface area contributed by atoms with Crippen molar-refractivity contribution in [3.63, 3.8) is 0 Å². The van der Waals surface area contributed by atoms with Crippen molar-refractivity contribution in [1.82, 2.24) is 5.32 Å². The van der Waals surface area contributed by atoms with Crippen LogP contribution in [-0.2, 0) is 9.22 Å². The molecule has 118 valence electrons. The number of benzene rings is 1. The molecule has 1 saturated heterocycles. The number of carbonyl (C=O) groups excluding carboxylic acids is 1. The molecule has 0 aromatic heterocycles. The Morgan fingerprint density at radius 2 is 1.86 bits per heavy atom. The molecule has 1 aromatic rings. The lowest BCUT2D eigenvalue weighted by molar-refractivity contribution is -0.141. The van der Waals surface area contributed by atoms with E-state index in [0.29, 0.717) is 5.69 Å². The molecule has 6 nitrogen and oxygen atoms in total. The number of azide groups is 1. The third-order valence-corrected chi connectivity index (χ3v) is 8.95. The molecule has 0 bridgehead atoms. The third kappa shape index (κ3) is 3.16. The fraction of sp³-hybridized carbons (Fsp3) is 0.533. The predicted molar refractivity (Wildman–Crippen MR) is 88.2 cm³/mol. The minimum atomic E-state index is -2.01. The maximum absolute atomic E-state index is 11.9. The fourth-order valence-electron chi connectivity index (χ4n) is 2.04. The Kier molecular flexibility index (Phi) is 4.33. The number of nitrogens with zero attached hydrogens (tertiary/aromatic N) is 3. The Morgan fingerprint density at radius 3 is 2.32 bits per heavy atom. The van der Waals surface area contributed by atoms with E-state index in [0.717, 1.165) is 5.56 Å². The van der Waals surface area contributed by atoms with E-state index in [9.17, 15) is 4.79 Å². The molecule has 2 atom stereocenters. The summed E-state index contributed by atoms with van der Waals surface area (Å²) in [6.45, 7) is 10.7. The largest absolute Gasteiger partial charge is 0.403 e. The van der Waals surface area contributed by atoms with Crippen LogP contribution in [0, 0.1) is 0 Å². The van der Waals surface area contributed by atoms with Crippen molar-refractivity contribution >= 4 is 19.9 Å². The molecular formula is C15H22N4O2Si. The number of β-lactam (4-membered cyclic amide) rings is 1. The maximum Gasteiger partial charge on any atom is 0.251 e. The van der Waals surface area contributed by atoms with Gasteiger partial charge in [-0.2, -0.15) is 0 Å². The first kappa shape index (κ1) is 16.5. The third-order valence-electron chi connectivity index (χ3n) is 4.50. The Bertz CT molecular complexity index is 615. The van der Waals surface area contributed by atoms with Gasteiger partial charge in [0.25, 0.3) is 5.91 Å². The second kappa shape index (κ2) is 5.76. The average molecular weight is 318 g/mol. The molecule has 1 fully saturated rings. The van der Waals surface area contributed by atoms with Crippen LogP contribution in [0.3, 0.4) is 0 Å². The lowest BCUT2D eigenvalue weighted by Crippen LogP contribution is -2.61.